The van der Waals surface area contributed by atoms with Crippen LogP contribution in [0.5, 0.6) is 0 Å². The Morgan fingerprint density at radius 1 is 1.11 bits per heavy atom. The van der Waals surface area contributed by atoms with Crippen LogP contribution in [0.2, 0.25) is 0 Å². The maximum atomic E-state index is 12.9. The van der Waals surface area contributed by atoms with Gasteiger partial charge < -0.3 is 9.80 Å². The lowest BCUT2D eigenvalue weighted by Crippen LogP contribution is -2.52. The summed E-state index contributed by atoms with van der Waals surface area (Å²) < 4.78 is 23.4. The van der Waals surface area contributed by atoms with E-state index in [1.165, 1.54) is 0 Å². The smallest absolute Gasteiger partial charge is 0.253 e. The fourth-order valence-electron chi connectivity index (χ4n) is 4.43. The summed E-state index contributed by atoms with van der Waals surface area (Å²) in [5.74, 6) is 0.719. The molecule has 0 aliphatic carbocycles. The molecule has 3 aliphatic rings. The van der Waals surface area contributed by atoms with Crippen molar-refractivity contribution >= 4 is 21.7 Å². The van der Waals surface area contributed by atoms with E-state index in [2.05, 4.69) is 4.90 Å². The minimum absolute atomic E-state index is 0.00768. The molecule has 3 heterocycles. The van der Waals surface area contributed by atoms with E-state index < -0.39 is 9.84 Å². The summed E-state index contributed by atoms with van der Waals surface area (Å²) in [5.41, 5.74) is 1.64. The number of piperazine rings is 1. The van der Waals surface area contributed by atoms with Gasteiger partial charge in [0, 0.05) is 57.3 Å². The van der Waals surface area contributed by atoms with Crippen LogP contribution in [-0.4, -0.2) is 85.2 Å². The molecule has 0 unspecified atom stereocenters. The van der Waals surface area contributed by atoms with E-state index in [-0.39, 0.29) is 29.4 Å². The van der Waals surface area contributed by atoms with Crippen LogP contribution in [0, 0.1) is 0 Å². The maximum Gasteiger partial charge on any atom is 0.253 e. The van der Waals surface area contributed by atoms with Crippen molar-refractivity contribution in [1.29, 1.82) is 0 Å². The molecule has 8 heteroatoms. The largest absolute Gasteiger partial charge is 0.338 e. The van der Waals surface area contributed by atoms with Gasteiger partial charge in [-0.05, 0) is 30.5 Å². The van der Waals surface area contributed by atoms with Gasteiger partial charge in [0.25, 0.3) is 5.91 Å². The second-order valence-corrected chi connectivity index (χ2v) is 10.2. The van der Waals surface area contributed by atoms with Gasteiger partial charge in [0.1, 0.15) is 0 Å². The molecular formula is C20H27N3O4S. The van der Waals surface area contributed by atoms with Gasteiger partial charge in [-0.25, -0.2) is 8.42 Å². The van der Waals surface area contributed by atoms with Gasteiger partial charge in [0.15, 0.2) is 9.84 Å². The van der Waals surface area contributed by atoms with Gasteiger partial charge in [-0.1, -0.05) is 12.1 Å². The third-order valence-electron chi connectivity index (χ3n) is 6.05. The molecule has 0 saturated carbocycles. The molecule has 0 N–H and O–H groups in total. The topological polar surface area (TPSA) is 78.0 Å². The number of hydrogen-bond acceptors (Lipinski definition) is 5. The lowest BCUT2D eigenvalue weighted by Gasteiger charge is -2.37. The number of sulfone groups is 1. The van der Waals surface area contributed by atoms with Crippen LogP contribution in [0.1, 0.15) is 35.2 Å². The number of carbonyl (C=O) groups is 2. The fourth-order valence-corrected chi connectivity index (χ4v) is 6.19. The molecule has 152 valence electrons. The van der Waals surface area contributed by atoms with E-state index >= 15 is 0 Å². The third-order valence-corrected chi connectivity index (χ3v) is 7.80. The lowest BCUT2D eigenvalue weighted by atomic mass is 10.1. The summed E-state index contributed by atoms with van der Waals surface area (Å²) in [6.45, 7) is 4.01. The Balaban J connectivity index is 1.35. The molecule has 7 nitrogen and oxygen atoms in total. The van der Waals surface area contributed by atoms with Crippen molar-refractivity contribution in [1.82, 2.24) is 14.7 Å². The summed E-state index contributed by atoms with van der Waals surface area (Å²) in [7, 11) is -2.89. The highest BCUT2D eigenvalue weighted by Gasteiger charge is 2.34. The van der Waals surface area contributed by atoms with E-state index in [1.54, 1.807) is 0 Å². The Morgan fingerprint density at radius 3 is 2.54 bits per heavy atom. The zero-order valence-corrected chi connectivity index (χ0v) is 16.9. The Kier molecular flexibility index (Phi) is 5.42. The molecule has 3 aliphatic heterocycles. The number of amides is 2. The quantitative estimate of drug-likeness (QED) is 0.739. The first kappa shape index (κ1) is 19.4. The molecule has 0 radical (unpaired) electrons. The Hall–Kier alpha value is -1.93. The molecule has 4 rings (SSSR count). The number of hydrogen-bond donors (Lipinski definition) is 0. The number of benzene rings is 1. The number of likely N-dealkylation sites (tertiary alicyclic amines) is 1. The van der Waals surface area contributed by atoms with Crippen molar-refractivity contribution in [3.8, 4) is 0 Å². The van der Waals surface area contributed by atoms with Crippen LogP contribution in [-0.2, 0) is 21.2 Å². The van der Waals surface area contributed by atoms with Gasteiger partial charge in [0.2, 0.25) is 5.91 Å². The first-order chi connectivity index (χ1) is 13.4. The first-order valence-electron chi connectivity index (χ1n) is 10.0. The predicted molar refractivity (Wildman–Crippen MR) is 106 cm³/mol. The molecule has 1 aromatic rings. The van der Waals surface area contributed by atoms with Crippen molar-refractivity contribution in [2.45, 2.75) is 31.8 Å². The van der Waals surface area contributed by atoms with Gasteiger partial charge in [-0.2, -0.15) is 0 Å². The molecule has 1 aromatic carbocycles. The highest BCUT2D eigenvalue weighted by atomic mass is 32.2. The normalized spacial score (nSPS) is 25.4. The van der Waals surface area contributed by atoms with Gasteiger partial charge in [-0.15, -0.1) is 0 Å². The number of nitrogens with zero attached hydrogens (tertiary/aromatic N) is 3. The van der Waals surface area contributed by atoms with E-state index in [0.717, 1.165) is 18.5 Å². The third kappa shape index (κ3) is 4.22. The van der Waals surface area contributed by atoms with Crippen molar-refractivity contribution < 1.29 is 18.0 Å². The molecule has 1 atom stereocenters. The predicted octanol–water partition coefficient (Wildman–Crippen LogP) is 0.754. The Labute approximate surface area is 166 Å². The maximum absolute atomic E-state index is 12.9. The van der Waals surface area contributed by atoms with E-state index in [0.29, 0.717) is 51.1 Å². The molecular weight excluding hydrogens is 378 g/mol. The summed E-state index contributed by atoms with van der Waals surface area (Å²) in [6.07, 6.45) is 2.22. The molecule has 3 fully saturated rings. The van der Waals surface area contributed by atoms with Crippen LogP contribution in [0.25, 0.3) is 0 Å². The fraction of sp³-hybridized carbons (Fsp3) is 0.600. The van der Waals surface area contributed by atoms with E-state index in [9.17, 15) is 18.0 Å². The first-order valence-corrected chi connectivity index (χ1v) is 11.8. The average Bonchev–Trinajstić information content (AvgIpc) is 3.26. The molecule has 0 aromatic heterocycles. The highest BCUT2D eigenvalue weighted by molar-refractivity contribution is 7.91. The van der Waals surface area contributed by atoms with Crippen LogP contribution in [0.15, 0.2) is 24.3 Å². The summed E-state index contributed by atoms with van der Waals surface area (Å²) in [5, 5.41) is 0. The van der Waals surface area contributed by atoms with Crippen LogP contribution in [0.3, 0.4) is 0 Å². The average molecular weight is 406 g/mol. The van der Waals surface area contributed by atoms with Crippen LogP contribution < -0.4 is 0 Å². The SMILES string of the molecule is O=C1CCCN1Cc1cccc(C(=O)N2CCN([C@H]3CCS(=O)(=O)C3)CC2)c1. The van der Waals surface area contributed by atoms with Crippen molar-refractivity contribution in [3.63, 3.8) is 0 Å². The monoisotopic (exact) mass is 405 g/mol. The lowest BCUT2D eigenvalue weighted by molar-refractivity contribution is -0.128. The van der Waals surface area contributed by atoms with Crippen molar-refractivity contribution in [3.05, 3.63) is 35.4 Å². The summed E-state index contributed by atoms with van der Waals surface area (Å²) in [4.78, 5) is 30.7. The minimum Gasteiger partial charge on any atom is -0.338 e. The van der Waals surface area contributed by atoms with Crippen LogP contribution in [0.4, 0.5) is 0 Å². The number of rotatable bonds is 4. The molecule has 2 amide bonds. The van der Waals surface area contributed by atoms with Crippen LogP contribution >= 0.6 is 0 Å². The molecule has 28 heavy (non-hydrogen) atoms. The van der Waals surface area contributed by atoms with Gasteiger partial charge in [0.05, 0.1) is 11.5 Å². The minimum atomic E-state index is -2.89. The van der Waals surface area contributed by atoms with Gasteiger partial charge >= 0.3 is 0 Å². The molecule has 3 saturated heterocycles. The molecule has 0 spiro atoms. The Bertz CT molecular complexity index is 862. The van der Waals surface area contributed by atoms with Crippen molar-refractivity contribution in [2.24, 2.45) is 0 Å². The Morgan fingerprint density at radius 2 is 1.89 bits per heavy atom. The summed E-state index contributed by atoms with van der Waals surface area (Å²) >= 11 is 0. The summed E-state index contributed by atoms with van der Waals surface area (Å²) in [6, 6.07) is 7.66. The second-order valence-electron chi connectivity index (χ2n) is 8.00. The zero-order valence-electron chi connectivity index (χ0n) is 16.0. The van der Waals surface area contributed by atoms with Crippen molar-refractivity contribution in [2.75, 3.05) is 44.2 Å². The highest BCUT2D eigenvalue weighted by Crippen LogP contribution is 2.20. The standard InChI is InChI=1S/C20H27N3O4S/c24-19-5-2-7-23(19)14-16-3-1-4-17(13-16)20(25)22-10-8-21(9-11-22)18-6-12-28(26,27)15-18/h1,3-4,13,18H,2,5-12,14-15H2/t18-/m0/s1. The van der Waals surface area contributed by atoms with Gasteiger partial charge in [-0.3, -0.25) is 14.5 Å². The second kappa shape index (κ2) is 7.83. The van der Waals surface area contributed by atoms with E-state index in [1.807, 2.05) is 34.1 Å². The zero-order chi connectivity index (χ0) is 19.7. The molecule has 0 bridgehead atoms. The van der Waals surface area contributed by atoms with E-state index in [4.69, 9.17) is 0 Å². The number of carbonyl (C=O) groups excluding carboxylic acids is 2.